The zero-order valence-electron chi connectivity index (χ0n) is 16.4. The first-order valence-electron chi connectivity index (χ1n) is 9.99. The molecule has 5 aromatic rings. The number of aromatic nitrogens is 2. The van der Waals surface area contributed by atoms with Gasteiger partial charge in [0.1, 0.15) is 22.7 Å². The second-order valence-corrected chi connectivity index (χ2v) is 7.91. The molecule has 0 unspecified atom stereocenters. The van der Waals surface area contributed by atoms with Crippen molar-refractivity contribution in [3.05, 3.63) is 90.8 Å². The van der Waals surface area contributed by atoms with Gasteiger partial charge < -0.3 is 4.74 Å². The Morgan fingerprint density at radius 2 is 1.59 bits per heavy atom. The summed E-state index contributed by atoms with van der Waals surface area (Å²) in [6.07, 6.45) is 3.57. The van der Waals surface area contributed by atoms with Crippen LogP contribution in [0.15, 0.2) is 78.9 Å². The van der Waals surface area contributed by atoms with Gasteiger partial charge in [-0.25, -0.2) is 0 Å². The molecule has 6 rings (SSSR count). The van der Waals surface area contributed by atoms with Crippen LogP contribution in [0, 0.1) is 6.33 Å². The van der Waals surface area contributed by atoms with Crippen LogP contribution in [0.3, 0.4) is 0 Å². The molecule has 0 bridgehead atoms. The molecule has 0 N–H and O–H groups in total. The largest absolute Gasteiger partial charge is 0.465 e. The lowest BCUT2D eigenvalue weighted by atomic mass is 10.0. The van der Waals surface area contributed by atoms with Crippen molar-refractivity contribution in [1.29, 1.82) is 0 Å². The van der Waals surface area contributed by atoms with Crippen LogP contribution in [0.5, 0.6) is 11.5 Å². The molecule has 0 saturated carbocycles. The number of hydrogen-bond acceptors (Lipinski definition) is 1. The molecular weight excluding hydrogens is 356 g/mol. The zero-order valence-corrected chi connectivity index (χ0v) is 16.4. The predicted octanol–water partition coefficient (Wildman–Crippen LogP) is 6.09. The van der Waals surface area contributed by atoms with E-state index in [0.717, 1.165) is 33.9 Å². The Kier molecular flexibility index (Phi) is 3.36. The summed E-state index contributed by atoms with van der Waals surface area (Å²) in [6.45, 7) is 4.43. The SMILES string of the molecule is CC(C)c1ccc(-n2[c-][n+]3c4c(cccc42)Oc2cc4ccccc4cc2-3)cc1. The molecule has 0 saturated heterocycles. The van der Waals surface area contributed by atoms with Gasteiger partial charge in [0.2, 0.25) is 0 Å². The lowest BCUT2D eigenvalue weighted by Crippen LogP contribution is -2.32. The van der Waals surface area contributed by atoms with Gasteiger partial charge in [-0.05, 0) is 52.6 Å². The van der Waals surface area contributed by atoms with Crippen LogP contribution in [-0.2, 0) is 0 Å². The summed E-state index contributed by atoms with van der Waals surface area (Å²) in [7, 11) is 0. The maximum Gasteiger partial charge on any atom is 0.270 e. The molecule has 0 aliphatic carbocycles. The highest BCUT2D eigenvalue weighted by molar-refractivity contribution is 5.88. The maximum atomic E-state index is 6.30. The van der Waals surface area contributed by atoms with E-state index in [1.165, 1.54) is 16.3 Å². The van der Waals surface area contributed by atoms with E-state index in [-0.39, 0.29) is 0 Å². The molecule has 140 valence electrons. The molecule has 0 fully saturated rings. The molecule has 0 amide bonds. The van der Waals surface area contributed by atoms with Crippen molar-refractivity contribution >= 4 is 21.8 Å². The van der Waals surface area contributed by atoms with Crippen molar-refractivity contribution in [2.45, 2.75) is 19.8 Å². The topological polar surface area (TPSA) is 18.0 Å². The first-order chi connectivity index (χ1) is 14.2. The molecule has 1 aromatic heterocycles. The number of hydrogen-bond donors (Lipinski definition) is 0. The van der Waals surface area contributed by atoms with Crippen LogP contribution >= 0.6 is 0 Å². The third-order valence-electron chi connectivity index (χ3n) is 5.75. The highest BCUT2D eigenvalue weighted by Gasteiger charge is 2.23. The van der Waals surface area contributed by atoms with Crippen LogP contribution in [0.25, 0.3) is 33.2 Å². The van der Waals surface area contributed by atoms with Crippen molar-refractivity contribution in [1.82, 2.24) is 4.57 Å². The highest BCUT2D eigenvalue weighted by Crippen LogP contribution is 2.38. The van der Waals surface area contributed by atoms with Crippen molar-refractivity contribution in [3.8, 4) is 22.9 Å². The zero-order chi connectivity index (χ0) is 19.5. The molecule has 3 heteroatoms. The van der Waals surface area contributed by atoms with Gasteiger partial charge in [-0.15, -0.1) is 0 Å². The standard InChI is InChI=1S/C26H20N2O/c1-17(2)18-10-12-21(13-11-18)27-16-28-23-14-19-6-3-4-7-20(19)15-25(23)29-24-9-5-8-22(27)26(24)28/h3-15,17H,1-2H3. The molecule has 29 heavy (non-hydrogen) atoms. The van der Waals surface area contributed by atoms with Gasteiger partial charge in [0.25, 0.3) is 6.33 Å². The second-order valence-electron chi connectivity index (χ2n) is 7.91. The quantitative estimate of drug-likeness (QED) is 0.264. The molecule has 1 aliphatic heterocycles. The van der Waals surface area contributed by atoms with Gasteiger partial charge in [-0.3, -0.25) is 9.13 Å². The van der Waals surface area contributed by atoms with Gasteiger partial charge >= 0.3 is 0 Å². The Morgan fingerprint density at radius 3 is 2.34 bits per heavy atom. The first-order valence-corrected chi connectivity index (χ1v) is 9.99. The molecule has 0 spiro atoms. The van der Waals surface area contributed by atoms with E-state index < -0.39 is 0 Å². The lowest BCUT2D eigenvalue weighted by molar-refractivity contribution is -0.575. The van der Waals surface area contributed by atoms with Gasteiger partial charge in [0, 0.05) is 0 Å². The normalized spacial score (nSPS) is 12.4. The highest BCUT2D eigenvalue weighted by atomic mass is 16.5. The second kappa shape index (κ2) is 5.95. The average Bonchev–Trinajstić information content (AvgIpc) is 3.14. The van der Waals surface area contributed by atoms with E-state index >= 15 is 0 Å². The third kappa shape index (κ3) is 2.40. The molecule has 0 atom stereocenters. The molecule has 3 nitrogen and oxygen atoms in total. The Hall–Kier alpha value is -3.59. The lowest BCUT2D eigenvalue weighted by Gasteiger charge is -2.20. The van der Waals surface area contributed by atoms with Gasteiger partial charge in [-0.1, -0.05) is 62.4 Å². The summed E-state index contributed by atoms with van der Waals surface area (Å²) in [5.74, 6) is 2.23. The van der Waals surface area contributed by atoms with Gasteiger partial charge in [-0.2, -0.15) is 0 Å². The van der Waals surface area contributed by atoms with Crippen LogP contribution in [0.2, 0.25) is 0 Å². The van der Waals surface area contributed by atoms with E-state index in [0.29, 0.717) is 5.92 Å². The molecule has 1 aliphatic rings. The van der Waals surface area contributed by atoms with Crippen LogP contribution in [0.4, 0.5) is 0 Å². The molecule has 4 aromatic carbocycles. The smallest absolute Gasteiger partial charge is 0.270 e. The van der Waals surface area contributed by atoms with E-state index in [4.69, 9.17) is 4.74 Å². The number of nitrogens with zero attached hydrogens (tertiary/aromatic N) is 2. The fourth-order valence-electron chi connectivity index (χ4n) is 4.16. The number of rotatable bonds is 2. The Bertz CT molecular complexity index is 1390. The minimum atomic E-state index is 0.515. The Labute approximate surface area is 169 Å². The number of fused-ring (bicyclic) bond motifs is 3. The third-order valence-corrected chi connectivity index (χ3v) is 5.75. The summed E-state index contributed by atoms with van der Waals surface area (Å²) in [6, 6.07) is 27.6. The van der Waals surface area contributed by atoms with Crippen molar-refractivity contribution in [2.75, 3.05) is 0 Å². The van der Waals surface area contributed by atoms with Crippen molar-refractivity contribution in [2.24, 2.45) is 0 Å². The minimum absolute atomic E-state index is 0.515. The van der Waals surface area contributed by atoms with E-state index in [9.17, 15) is 0 Å². The first kappa shape index (κ1) is 16.4. The van der Waals surface area contributed by atoms with Crippen LogP contribution < -0.4 is 9.30 Å². The summed E-state index contributed by atoms with van der Waals surface area (Å²) >= 11 is 0. The van der Waals surface area contributed by atoms with E-state index in [1.54, 1.807) is 0 Å². The Balaban J connectivity index is 1.61. The molecular formula is C26H20N2O. The number of imidazole rings is 1. The van der Waals surface area contributed by atoms with Gasteiger partial charge in [0.05, 0.1) is 11.2 Å². The summed E-state index contributed by atoms with van der Waals surface area (Å²) in [5.41, 5.74) is 5.58. The Morgan fingerprint density at radius 1 is 0.828 bits per heavy atom. The number of benzene rings is 4. The van der Waals surface area contributed by atoms with Crippen LogP contribution in [-0.4, -0.2) is 4.57 Å². The fourth-order valence-corrected chi connectivity index (χ4v) is 4.16. The number of ether oxygens (including phenoxy) is 1. The van der Waals surface area contributed by atoms with Crippen molar-refractivity contribution < 1.29 is 9.30 Å². The van der Waals surface area contributed by atoms with Gasteiger partial charge in [0.15, 0.2) is 0 Å². The maximum absolute atomic E-state index is 6.30. The number of para-hydroxylation sites is 1. The summed E-state index contributed by atoms with van der Waals surface area (Å²) in [5, 5.41) is 2.36. The predicted molar refractivity (Wildman–Crippen MR) is 115 cm³/mol. The average molecular weight is 376 g/mol. The monoisotopic (exact) mass is 376 g/mol. The fraction of sp³-hybridized carbons (Fsp3) is 0.115. The molecule has 0 radical (unpaired) electrons. The molecule has 2 heterocycles. The summed E-state index contributed by atoms with van der Waals surface area (Å²) in [4.78, 5) is 0. The minimum Gasteiger partial charge on any atom is -0.465 e. The van der Waals surface area contributed by atoms with Crippen molar-refractivity contribution in [3.63, 3.8) is 0 Å². The summed E-state index contributed by atoms with van der Waals surface area (Å²) < 4.78 is 10.6. The van der Waals surface area contributed by atoms with E-state index in [1.807, 2.05) is 12.1 Å². The van der Waals surface area contributed by atoms with Crippen LogP contribution in [0.1, 0.15) is 25.3 Å². The van der Waals surface area contributed by atoms with E-state index in [2.05, 4.69) is 96.0 Å².